The zero-order valence-corrected chi connectivity index (χ0v) is 20.4. The molecule has 3 aliphatic heterocycles. The van der Waals surface area contributed by atoms with Crippen LogP contribution in [0.3, 0.4) is 0 Å². The number of piperidine rings is 2. The maximum absolute atomic E-state index is 12.4. The molecule has 9 nitrogen and oxygen atoms in total. The van der Waals surface area contributed by atoms with Gasteiger partial charge in [-0.3, -0.25) is 20.1 Å². The van der Waals surface area contributed by atoms with Gasteiger partial charge in [-0.15, -0.1) is 0 Å². The molecule has 5 rings (SSSR count). The Kier molecular flexibility index (Phi) is 6.85. The average Bonchev–Trinajstić information content (AvgIpc) is 3.18. The van der Waals surface area contributed by atoms with E-state index >= 15 is 0 Å². The normalized spacial score (nSPS) is 29.4. The highest BCUT2D eigenvalue weighted by Gasteiger charge is 2.39. The number of esters is 1. The van der Waals surface area contributed by atoms with Crippen LogP contribution in [0.5, 0.6) is 0 Å². The second-order valence-corrected chi connectivity index (χ2v) is 10.3. The maximum Gasteiger partial charge on any atom is 0.320 e. The van der Waals surface area contributed by atoms with Gasteiger partial charge in [0.1, 0.15) is 11.6 Å². The van der Waals surface area contributed by atoms with Crippen LogP contribution in [0.15, 0.2) is 24.4 Å². The number of hydrogen-bond donors (Lipinski definition) is 4. The first-order valence-electron chi connectivity index (χ1n) is 12.7. The third-order valence-corrected chi connectivity index (χ3v) is 7.16. The molecule has 5 atom stereocenters. The Hall–Kier alpha value is -2.49. The van der Waals surface area contributed by atoms with Gasteiger partial charge in [0, 0.05) is 41.8 Å². The van der Waals surface area contributed by atoms with Gasteiger partial charge >= 0.3 is 5.97 Å². The van der Waals surface area contributed by atoms with E-state index in [9.17, 15) is 4.79 Å². The molecule has 3 fully saturated rings. The van der Waals surface area contributed by atoms with Crippen LogP contribution in [0.25, 0.3) is 10.9 Å². The Labute approximate surface area is 201 Å². The van der Waals surface area contributed by atoms with E-state index in [1.165, 1.54) is 6.42 Å². The van der Waals surface area contributed by atoms with Crippen molar-refractivity contribution in [3.63, 3.8) is 0 Å². The Morgan fingerprint density at radius 1 is 1.21 bits per heavy atom. The molecule has 0 amide bonds. The van der Waals surface area contributed by atoms with E-state index < -0.39 is 0 Å². The molecule has 0 aromatic carbocycles. The standard InChI is InChI=1S/C25H37N7O2/c1-15(2)34-24(33)14-32-18-6-4-7-19(32)12-17(11-18)27-25-20-8-5-9-26-21(20)13-22(29-25)28-23-10-16(3)30-31-23/h5,8-9,13,15-19,23,30-31H,4,6-7,10-12,14H2,1-3H3,(H2,27,28,29)/t16?,17?,18-,19+,23?. The van der Waals surface area contributed by atoms with Crippen molar-refractivity contribution in [1.82, 2.24) is 25.7 Å². The Bertz CT molecular complexity index is 1000. The summed E-state index contributed by atoms with van der Waals surface area (Å²) in [5.41, 5.74) is 7.45. The molecule has 0 aliphatic carbocycles. The highest BCUT2D eigenvalue weighted by atomic mass is 16.5. The lowest BCUT2D eigenvalue weighted by molar-refractivity contribution is -0.151. The second-order valence-electron chi connectivity index (χ2n) is 10.3. The molecule has 3 aliphatic rings. The Morgan fingerprint density at radius 2 is 2.00 bits per heavy atom. The number of hydrogen-bond acceptors (Lipinski definition) is 9. The molecule has 0 spiro atoms. The second kappa shape index (κ2) is 10.0. The maximum atomic E-state index is 12.4. The number of aromatic nitrogens is 2. The smallest absolute Gasteiger partial charge is 0.320 e. The van der Waals surface area contributed by atoms with Crippen LogP contribution in [0.1, 0.15) is 59.3 Å². The molecular weight excluding hydrogens is 430 g/mol. The fourth-order valence-electron chi connectivity index (χ4n) is 5.74. The monoisotopic (exact) mass is 467 g/mol. The summed E-state index contributed by atoms with van der Waals surface area (Å²) in [6.45, 7) is 6.36. The van der Waals surface area contributed by atoms with Crippen molar-refractivity contribution >= 4 is 28.5 Å². The Balaban J connectivity index is 1.31. The van der Waals surface area contributed by atoms with Crippen molar-refractivity contribution in [3.8, 4) is 0 Å². The summed E-state index contributed by atoms with van der Waals surface area (Å²) in [5, 5.41) is 8.30. The van der Waals surface area contributed by atoms with E-state index in [0.717, 1.165) is 54.6 Å². The molecule has 2 aromatic heterocycles. The number of carbonyl (C=O) groups excluding carboxylic acids is 1. The largest absolute Gasteiger partial charge is 0.462 e. The number of carbonyl (C=O) groups is 1. The predicted molar refractivity (Wildman–Crippen MR) is 133 cm³/mol. The van der Waals surface area contributed by atoms with Crippen LogP contribution >= 0.6 is 0 Å². The first-order chi connectivity index (χ1) is 16.4. The molecule has 5 heterocycles. The number of fused-ring (bicyclic) bond motifs is 3. The minimum Gasteiger partial charge on any atom is -0.462 e. The molecule has 2 bridgehead atoms. The lowest BCUT2D eigenvalue weighted by Gasteiger charge is -2.48. The summed E-state index contributed by atoms with van der Waals surface area (Å²) >= 11 is 0. The summed E-state index contributed by atoms with van der Waals surface area (Å²) in [6.07, 6.45) is 8.33. The zero-order valence-electron chi connectivity index (χ0n) is 20.4. The first kappa shape index (κ1) is 23.3. The number of pyridine rings is 2. The molecule has 2 aromatic rings. The van der Waals surface area contributed by atoms with Crippen molar-refractivity contribution < 1.29 is 9.53 Å². The van der Waals surface area contributed by atoms with E-state index in [1.807, 2.05) is 32.2 Å². The highest BCUT2D eigenvalue weighted by Crippen LogP contribution is 2.36. The third-order valence-electron chi connectivity index (χ3n) is 7.16. The van der Waals surface area contributed by atoms with Gasteiger partial charge < -0.3 is 15.4 Å². The summed E-state index contributed by atoms with van der Waals surface area (Å²) in [5.74, 6) is 1.58. The van der Waals surface area contributed by atoms with Gasteiger partial charge in [-0.25, -0.2) is 10.4 Å². The van der Waals surface area contributed by atoms with Crippen LogP contribution in [0.4, 0.5) is 11.6 Å². The number of anilines is 2. The van der Waals surface area contributed by atoms with Gasteiger partial charge in [0.05, 0.1) is 24.3 Å². The molecular formula is C25H37N7O2. The summed E-state index contributed by atoms with van der Waals surface area (Å²) in [6, 6.07) is 7.57. The van der Waals surface area contributed by atoms with Gasteiger partial charge in [-0.1, -0.05) is 6.42 Å². The van der Waals surface area contributed by atoms with E-state index in [0.29, 0.717) is 30.7 Å². The van der Waals surface area contributed by atoms with Crippen molar-refractivity contribution in [2.45, 2.75) is 95.7 Å². The number of hydrazine groups is 1. The van der Waals surface area contributed by atoms with Gasteiger partial charge in [0.15, 0.2) is 0 Å². The minimum absolute atomic E-state index is 0.0705. The van der Waals surface area contributed by atoms with Gasteiger partial charge in [0.2, 0.25) is 0 Å². The zero-order chi connectivity index (χ0) is 23.7. The fourth-order valence-corrected chi connectivity index (χ4v) is 5.74. The van der Waals surface area contributed by atoms with Crippen LogP contribution in [-0.2, 0) is 9.53 Å². The number of rotatable bonds is 7. The predicted octanol–water partition coefficient (Wildman–Crippen LogP) is 3.00. The molecule has 3 saturated heterocycles. The molecule has 9 heteroatoms. The van der Waals surface area contributed by atoms with Crippen LogP contribution in [0, 0.1) is 0 Å². The van der Waals surface area contributed by atoms with Crippen LogP contribution < -0.4 is 21.5 Å². The quantitative estimate of drug-likeness (QED) is 0.458. The number of nitrogens with one attached hydrogen (secondary N) is 4. The van der Waals surface area contributed by atoms with E-state index in [-0.39, 0.29) is 18.2 Å². The molecule has 0 saturated carbocycles. The number of ether oxygens (including phenoxy) is 1. The van der Waals surface area contributed by atoms with Crippen molar-refractivity contribution in [2.24, 2.45) is 0 Å². The first-order valence-corrected chi connectivity index (χ1v) is 12.7. The van der Waals surface area contributed by atoms with Gasteiger partial charge in [-0.05, 0) is 65.0 Å². The molecule has 34 heavy (non-hydrogen) atoms. The number of nitrogens with zero attached hydrogens (tertiary/aromatic N) is 3. The Morgan fingerprint density at radius 3 is 2.71 bits per heavy atom. The lowest BCUT2D eigenvalue weighted by Crippen LogP contribution is -2.56. The summed E-state index contributed by atoms with van der Waals surface area (Å²) in [7, 11) is 0. The molecule has 4 N–H and O–H groups in total. The summed E-state index contributed by atoms with van der Waals surface area (Å²) < 4.78 is 5.43. The van der Waals surface area contributed by atoms with E-state index in [2.05, 4.69) is 44.4 Å². The topological polar surface area (TPSA) is 103 Å². The van der Waals surface area contributed by atoms with Crippen LogP contribution in [0.2, 0.25) is 0 Å². The average molecular weight is 468 g/mol. The molecule has 184 valence electrons. The van der Waals surface area contributed by atoms with E-state index in [1.54, 1.807) is 0 Å². The summed E-state index contributed by atoms with van der Waals surface area (Å²) in [4.78, 5) is 24.3. The fraction of sp³-hybridized carbons (Fsp3) is 0.640. The minimum atomic E-state index is -0.111. The lowest BCUT2D eigenvalue weighted by atomic mass is 9.81. The van der Waals surface area contributed by atoms with Crippen LogP contribution in [-0.4, -0.2) is 63.8 Å². The van der Waals surface area contributed by atoms with Crippen molar-refractivity contribution in [2.75, 3.05) is 17.2 Å². The third kappa shape index (κ3) is 5.26. The molecule has 3 unspecified atom stereocenters. The SMILES string of the molecule is CC1CC(Nc2cc3ncccc3c(NC3C[C@H]4CCC[C@@H](C3)N4CC(=O)OC(C)C)n2)NN1. The van der Waals surface area contributed by atoms with E-state index in [4.69, 9.17) is 9.72 Å². The van der Waals surface area contributed by atoms with Gasteiger partial charge in [0.25, 0.3) is 0 Å². The highest BCUT2D eigenvalue weighted by molar-refractivity contribution is 5.91. The van der Waals surface area contributed by atoms with Crippen molar-refractivity contribution in [3.05, 3.63) is 24.4 Å². The molecule has 0 radical (unpaired) electrons. The van der Waals surface area contributed by atoms with Crippen molar-refractivity contribution in [1.29, 1.82) is 0 Å². The van der Waals surface area contributed by atoms with Gasteiger partial charge in [-0.2, -0.15) is 0 Å².